The molecule has 7 nitrogen and oxygen atoms in total. The first-order valence-corrected chi connectivity index (χ1v) is 8.64. The van der Waals surface area contributed by atoms with Crippen LogP contribution in [-0.2, 0) is 6.54 Å². The molecule has 0 aliphatic heterocycles. The summed E-state index contributed by atoms with van der Waals surface area (Å²) in [5.41, 5.74) is 2.39. The first kappa shape index (κ1) is 17.7. The molecule has 136 valence electrons. The standard InChI is InChI=1S/C19H23N5O2/c1-4-10-23-18(8-9-20-23)19(25)22-14(2)15-12-21-24(13-15)16-6-5-7-17(11-16)26-3/h5-9,11-14H,4,10H2,1-3H3,(H,22,25). The molecule has 0 bridgehead atoms. The van der Waals surface area contributed by atoms with Crippen LogP contribution >= 0.6 is 0 Å². The summed E-state index contributed by atoms with van der Waals surface area (Å²) >= 11 is 0. The van der Waals surface area contributed by atoms with Gasteiger partial charge < -0.3 is 10.1 Å². The van der Waals surface area contributed by atoms with Gasteiger partial charge in [-0.25, -0.2) is 4.68 Å². The van der Waals surface area contributed by atoms with E-state index in [9.17, 15) is 4.79 Å². The zero-order valence-corrected chi connectivity index (χ0v) is 15.2. The largest absolute Gasteiger partial charge is 0.497 e. The molecular formula is C19H23N5O2. The van der Waals surface area contributed by atoms with Crippen molar-refractivity contribution in [2.75, 3.05) is 7.11 Å². The highest BCUT2D eigenvalue weighted by Crippen LogP contribution is 2.18. The van der Waals surface area contributed by atoms with Crippen molar-refractivity contribution in [3.05, 3.63) is 60.2 Å². The lowest BCUT2D eigenvalue weighted by atomic mass is 10.2. The number of carbonyl (C=O) groups is 1. The number of aromatic nitrogens is 4. The maximum Gasteiger partial charge on any atom is 0.270 e. The Morgan fingerprint density at radius 2 is 2.15 bits per heavy atom. The molecule has 0 saturated heterocycles. The molecule has 26 heavy (non-hydrogen) atoms. The van der Waals surface area contributed by atoms with Crippen LogP contribution in [0.4, 0.5) is 0 Å². The van der Waals surface area contributed by atoms with E-state index < -0.39 is 0 Å². The lowest BCUT2D eigenvalue weighted by molar-refractivity contribution is 0.0928. The van der Waals surface area contributed by atoms with Crippen LogP contribution in [0.25, 0.3) is 5.69 Å². The minimum Gasteiger partial charge on any atom is -0.497 e. The number of nitrogens with one attached hydrogen (secondary N) is 1. The number of benzene rings is 1. The first-order chi connectivity index (χ1) is 12.6. The average molecular weight is 353 g/mol. The molecule has 0 spiro atoms. The van der Waals surface area contributed by atoms with Gasteiger partial charge in [-0.05, 0) is 31.5 Å². The summed E-state index contributed by atoms with van der Waals surface area (Å²) in [6.45, 7) is 4.71. The highest BCUT2D eigenvalue weighted by molar-refractivity contribution is 5.92. The molecule has 2 heterocycles. The van der Waals surface area contributed by atoms with Crippen LogP contribution in [0.15, 0.2) is 48.9 Å². The number of rotatable bonds is 7. The van der Waals surface area contributed by atoms with Crippen LogP contribution in [0, 0.1) is 0 Å². The Bertz CT molecular complexity index is 883. The van der Waals surface area contributed by atoms with Crippen molar-refractivity contribution in [1.29, 1.82) is 0 Å². The minimum atomic E-state index is -0.174. The van der Waals surface area contributed by atoms with E-state index in [1.54, 1.807) is 34.9 Å². The van der Waals surface area contributed by atoms with Gasteiger partial charge in [0.1, 0.15) is 11.4 Å². The van der Waals surface area contributed by atoms with Gasteiger partial charge in [0, 0.05) is 30.6 Å². The van der Waals surface area contributed by atoms with Crippen molar-refractivity contribution in [3.8, 4) is 11.4 Å². The Balaban J connectivity index is 1.72. The van der Waals surface area contributed by atoms with Crippen molar-refractivity contribution in [2.24, 2.45) is 0 Å². The highest BCUT2D eigenvalue weighted by atomic mass is 16.5. The summed E-state index contributed by atoms with van der Waals surface area (Å²) < 4.78 is 8.74. The van der Waals surface area contributed by atoms with Crippen LogP contribution in [0.3, 0.4) is 0 Å². The van der Waals surface area contributed by atoms with E-state index in [2.05, 4.69) is 22.4 Å². The van der Waals surface area contributed by atoms with Crippen LogP contribution in [0.2, 0.25) is 0 Å². The Morgan fingerprint density at radius 1 is 1.31 bits per heavy atom. The van der Waals surface area contributed by atoms with E-state index >= 15 is 0 Å². The lowest BCUT2D eigenvalue weighted by Gasteiger charge is -2.13. The van der Waals surface area contributed by atoms with Gasteiger partial charge in [0.15, 0.2) is 0 Å². The van der Waals surface area contributed by atoms with Gasteiger partial charge in [-0.2, -0.15) is 10.2 Å². The molecule has 1 atom stereocenters. The van der Waals surface area contributed by atoms with Gasteiger partial charge in [0.25, 0.3) is 5.91 Å². The van der Waals surface area contributed by atoms with Crippen molar-refractivity contribution in [1.82, 2.24) is 24.9 Å². The van der Waals surface area contributed by atoms with E-state index in [-0.39, 0.29) is 11.9 Å². The molecule has 0 aliphatic rings. The highest BCUT2D eigenvalue weighted by Gasteiger charge is 2.16. The van der Waals surface area contributed by atoms with Crippen LogP contribution in [0.5, 0.6) is 5.75 Å². The van der Waals surface area contributed by atoms with Crippen molar-refractivity contribution < 1.29 is 9.53 Å². The van der Waals surface area contributed by atoms with Gasteiger partial charge in [0.2, 0.25) is 0 Å². The Labute approximate surface area is 152 Å². The normalized spacial score (nSPS) is 12.0. The predicted molar refractivity (Wildman–Crippen MR) is 98.5 cm³/mol. The third-order valence-corrected chi connectivity index (χ3v) is 4.15. The van der Waals surface area contributed by atoms with Gasteiger partial charge in [-0.1, -0.05) is 13.0 Å². The first-order valence-electron chi connectivity index (χ1n) is 8.64. The number of nitrogens with zero attached hydrogens (tertiary/aromatic N) is 4. The Morgan fingerprint density at radius 3 is 2.92 bits per heavy atom. The van der Waals surface area contributed by atoms with Crippen molar-refractivity contribution in [3.63, 3.8) is 0 Å². The number of aryl methyl sites for hydroxylation is 1. The maximum absolute atomic E-state index is 12.5. The molecule has 0 radical (unpaired) electrons. The van der Waals surface area contributed by atoms with Crippen LogP contribution in [-0.4, -0.2) is 32.6 Å². The molecule has 0 saturated carbocycles. The summed E-state index contributed by atoms with van der Waals surface area (Å²) in [6.07, 6.45) is 6.23. The lowest BCUT2D eigenvalue weighted by Crippen LogP contribution is -2.28. The Kier molecular flexibility index (Phi) is 5.36. The van der Waals surface area contributed by atoms with Crippen molar-refractivity contribution >= 4 is 5.91 Å². The zero-order valence-electron chi connectivity index (χ0n) is 15.2. The molecule has 2 aromatic heterocycles. The molecule has 1 N–H and O–H groups in total. The number of hydrogen-bond donors (Lipinski definition) is 1. The predicted octanol–water partition coefficient (Wildman–Crippen LogP) is 2.98. The summed E-state index contributed by atoms with van der Waals surface area (Å²) in [5.74, 6) is 0.627. The fourth-order valence-corrected chi connectivity index (χ4v) is 2.72. The molecule has 1 unspecified atom stereocenters. The minimum absolute atomic E-state index is 0.141. The quantitative estimate of drug-likeness (QED) is 0.709. The summed E-state index contributed by atoms with van der Waals surface area (Å²) in [4.78, 5) is 12.5. The second-order valence-electron chi connectivity index (χ2n) is 6.05. The summed E-state index contributed by atoms with van der Waals surface area (Å²) in [5, 5.41) is 11.6. The summed E-state index contributed by atoms with van der Waals surface area (Å²) in [6, 6.07) is 9.21. The number of amides is 1. The van der Waals surface area contributed by atoms with E-state index in [4.69, 9.17) is 4.74 Å². The molecule has 1 amide bonds. The topological polar surface area (TPSA) is 74.0 Å². The number of ether oxygens (including phenoxy) is 1. The third-order valence-electron chi connectivity index (χ3n) is 4.15. The number of hydrogen-bond acceptors (Lipinski definition) is 4. The molecule has 1 aromatic carbocycles. The zero-order chi connectivity index (χ0) is 18.5. The van der Waals surface area contributed by atoms with E-state index in [0.717, 1.165) is 30.0 Å². The SMILES string of the molecule is CCCn1nccc1C(=O)NC(C)c1cnn(-c2cccc(OC)c2)c1. The smallest absolute Gasteiger partial charge is 0.270 e. The average Bonchev–Trinajstić information content (AvgIpc) is 3.31. The van der Waals surface area contributed by atoms with Gasteiger partial charge in [-0.3, -0.25) is 9.48 Å². The Hall–Kier alpha value is -3.09. The molecule has 0 fully saturated rings. The third kappa shape index (κ3) is 3.77. The van der Waals surface area contributed by atoms with Gasteiger partial charge in [-0.15, -0.1) is 0 Å². The maximum atomic E-state index is 12.5. The fraction of sp³-hybridized carbons (Fsp3) is 0.316. The van der Waals surface area contributed by atoms with Gasteiger partial charge in [0.05, 0.1) is 25.0 Å². The van der Waals surface area contributed by atoms with E-state index in [1.807, 2.05) is 37.4 Å². The molecule has 7 heteroatoms. The monoisotopic (exact) mass is 353 g/mol. The number of carbonyl (C=O) groups excluding carboxylic acids is 1. The molecule has 3 rings (SSSR count). The second kappa shape index (κ2) is 7.86. The van der Waals surface area contributed by atoms with Crippen LogP contribution < -0.4 is 10.1 Å². The van der Waals surface area contributed by atoms with Gasteiger partial charge >= 0.3 is 0 Å². The molecule has 3 aromatic rings. The second-order valence-corrected chi connectivity index (χ2v) is 6.05. The summed E-state index contributed by atoms with van der Waals surface area (Å²) in [7, 11) is 1.63. The molecular weight excluding hydrogens is 330 g/mol. The fourth-order valence-electron chi connectivity index (χ4n) is 2.72. The van der Waals surface area contributed by atoms with Crippen molar-refractivity contribution in [2.45, 2.75) is 32.9 Å². The van der Waals surface area contributed by atoms with E-state index in [1.165, 1.54) is 0 Å². The molecule has 0 aliphatic carbocycles. The van der Waals surface area contributed by atoms with Crippen LogP contribution in [0.1, 0.15) is 42.4 Å². The number of methoxy groups -OCH3 is 1. The van der Waals surface area contributed by atoms with E-state index in [0.29, 0.717) is 5.69 Å².